The number of alkyl halides is 1. The maximum atomic E-state index is 5.77. The highest BCUT2D eigenvalue weighted by atomic mass is 35.5. The number of hydrogen-bond acceptors (Lipinski definition) is 3. The lowest BCUT2D eigenvalue weighted by Gasteiger charge is -2.45. The summed E-state index contributed by atoms with van der Waals surface area (Å²) < 4.78 is 10.8. The van der Waals surface area contributed by atoms with Crippen LogP contribution in [0.3, 0.4) is 0 Å². The summed E-state index contributed by atoms with van der Waals surface area (Å²) in [7, 11) is 1.70. The molecule has 4 heteroatoms. The third kappa shape index (κ3) is 3.09. The van der Waals surface area contributed by atoms with E-state index in [1.807, 2.05) is 0 Å². The Balaban J connectivity index is 2.49. The summed E-state index contributed by atoms with van der Waals surface area (Å²) in [5.74, 6) is 0.670. The average molecular weight is 222 g/mol. The number of methoxy groups -OCH3 is 1. The average Bonchev–Trinajstić information content (AvgIpc) is 2.12. The number of hydrogen-bond donors (Lipinski definition) is 0. The molecule has 1 rings (SSSR count). The number of ether oxygens (including phenoxy) is 2. The van der Waals surface area contributed by atoms with Gasteiger partial charge in [-0.3, -0.25) is 4.90 Å². The highest BCUT2D eigenvalue weighted by Gasteiger charge is 2.34. The Labute approximate surface area is 91.3 Å². The Morgan fingerprint density at radius 3 is 2.86 bits per heavy atom. The van der Waals surface area contributed by atoms with Gasteiger partial charge < -0.3 is 9.47 Å². The van der Waals surface area contributed by atoms with Crippen molar-refractivity contribution in [1.29, 1.82) is 0 Å². The number of halogens is 1. The van der Waals surface area contributed by atoms with Crippen molar-refractivity contribution >= 4 is 11.6 Å². The third-order valence-electron chi connectivity index (χ3n) is 2.66. The van der Waals surface area contributed by atoms with E-state index in [0.29, 0.717) is 12.5 Å². The Morgan fingerprint density at radius 1 is 1.57 bits per heavy atom. The van der Waals surface area contributed by atoms with Gasteiger partial charge in [0.2, 0.25) is 0 Å². The summed E-state index contributed by atoms with van der Waals surface area (Å²) in [4.78, 5) is 2.37. The highest BCUT2D eigenvalue weighted by Crippen LogP contribution is 2.21. The molecule has 3 nitrogen and oxygen atoms in total. The van der Waals surface area contributed by atoms with Gasteiger partial charge in [0.1, 0.15) is 0 Å². The molecule has 0 aromatic carbocycles. The van der Waals surface area contributed by atoms with E-state index in [2.05, 4.69) is 18.7 Å². The fourth-order valence-electron chi connectivity index (χ4n) is 1.74. The van der Waals surface area contributed by atoms with Crippen LogP contribution in [-0.2, 0) is 9.47 Å². The van der Waals surface area contributed by atoms with E-state index in [1.54, 1.807) is 7.11 Å². The van der Waals surface area contributed by atoms with Gasteiger partial charge in [-0.05, 0) is 13.8 Å². The number of morpholine rings is 1. The summed E-state index contributed by atoms with van der Waals surface area (Å²) in [6, 6.07) is 0. The number of rotatable bonds is 4. The molecule has 14 heavy (non-hydrogen) atoms. The predicted molar refractivity (Wildman–Crippen MR) is 58.0 cm³/mol. The molecule has 1 fully saturated rings. The summed E-state index contributed by atoms with van der Waals surface area (Å²) in [6.45, 7) is 7.60. The van der Waals surface area contributed by atoms with Gasteiger partial charge in [0, 0.05) is 31.6 Å². The first-order valence-electron chi connectivity index (χ1n) is 5.01. The van der Waals surface area contributed by atoms with Crippen molar-refractivity contribution in [2.24, 2.45) is 0 Å². The normalized spacial score (nSPS) is 27.9. The highest BCUT2D eigenvalue weighted by molar-refractivity contribution is 6.18. The van der Waals surface area contributed by atoms with Crippen LogP contribution in [0, 0.1) is 0 Å². The lowest BCUT2D eigenvalue weighted by atomic mass is 10.0. The van der Waals surface area contributed by atoms with Crippen LogP contribution in [0.2, 0.25) is 0 Å². The monoisotopic (exact) mass is 221 g/mol. The smallest absolute Gasteiger partial charge is 0.0935 e. The van der Waals surface area contributed by atoms with Crippen molar-refractivity contribution < 1.29 is 9.47 Å². The van der Waals surface area contributed by atoms with E-state index < -0.39 is 0 Å². The molecular formula is C10H20ClNO2. The van der Waals surface area contributed by atoms with Crippen molar-refractivity contribution in [2.45, 2.75) is 25.5 Å². The quantitative estimate of drug-likeness (QED) is 0.669. The molecular weight excluding hydrogens is 202 g/mol. The standard InChI is InChI=1S/C10H20ClNO2/c1-10(2)8-14-9(7-13-3)6-12(10)5-4-11/h9H,4-8H2,1-3H3/t9-/m0/s1. The van der Waals surface area contributed by atoms with Gasteiger partial charge in [-0.15, -0.1) is 11.6 Å². The van der Waals surface area contributed by atoms with Crippen molar-refractivity contribution in [1.82, 2.24) is 4.90 Å². The zero-order valence-electron chi connectivity index (χ0n) is 9.25. The van der Waals surface area contributed by atoms with E-state index in [9.17, 15) is 0 Å². The molecule has 0 unspecified atom stereocenters. The third-order valence-corrected chi connectivity index (χ3v) is 2.83. The Kier molecular flexibility index (Phi) is 4.64. The van der Waals surface area contributed by atoms with E-state index in [0.717, 1.165) is 19.7 Å². The van der Waals surface area contributed by atoms with Gasteiger partial charge in [0.15, 0.2) is 0 Å². The van der Waals surface area contributed by atoms with Crippen molar-refractivity contribution in [3.8, 4) is 0 Å². The maximum Gasteiger partial charge on any atom is 0.0935 e. The minimum Gasteiger partial charge on any atom is -0.382 e. The van der Waals surface area contributed by atoms with Crippen LogP contribution in [0.1, 0.15) is 13.8 Å². The molecule has 1 atom stereocenters. The molecule has 0 N–H and O–H groups in total. The first-order chi connectivity index (χ1) is 6.60. The van der Waals surface area contributed by atoms with Crippen molar-refractivity contribution in [3.05, 3.63) is 0 Å². The Morgan fingerprint density at radius 2 is 2.29 bits per heavy atom. The van der Waals surface area contributed by atoms with Gasteiger partial charge in [0.05, 0.1) is 19.3 Å². The fraction of sp³-hybridized carbons (Fsp3) is 1.00. The van der Waals surface area contributed by atoms with Gasteiger partial charge in [-0.1, -0.05) is 0 Å². The zero-order valence-corrected chi connectivity index (χ0v) is 10.0. The largest absolute Gasteiger partial charge is 0.382 e. The van der Waals surface area contributed by atoms with Crippen LogP contribution in [0.4, 0.5) is 0 Å². The molecule has 1 heterocycles. The van der Waals surface area contributed by atoms with Crippen LogP contribution >= 0.6 is 11.6 Å². The lowest BCUT2D eigenvalue weighted by Crippen LogP contribution is -2.57. The molecule has 84 valence electrons. The van der Waals surface area contributed by atoms with E-state index in [-0.39, 0.29) is 11.6 Å². The second kappa shape index (κ2) is 5.31. The Hall–Kier alpha value is 0.170. The molecule has 0 radical (unpaired) electrons. The van der Waals surface area contributed by atoms with Gasteiger partial charge >= 0.3 is 0 Å². The molecule has 1 aliphatic rings. The molecule has 0 aromatic heterocycles. The van der Waals surface area contributed by atoms with Crippen molar-refractivity contribution in [2.75, 3.05) is 39.3 Å². The van der Waals surface area contributed by atoms with Crippen LogP contribution in [0.15, 0.2) is 0 Å². The second-order valence-electron chi connectivity index (χ2n) is 4.34. The fourth-order valence-corrected chi connectivity index (χ4v) is 1.95. The van der Waals surface area contributed by atoms with Crippen molar-refractivity contribution in [3.63, 3.8) is 0 Å². The Bertz CT molecular complexity index is 176. The zero-order chi connectivity index (χ0) is 10.6. The second-order valence-corrected chi connectivity index (χ2v) is 4.71. The summed E-state index contributed by atoms with van der Waals surface area (Å²) in [5, 5.41) is 0. The van der Waals surface area contributed by atoms with Crippen LogP contribution in [0.5, 0.6) is 0 Å². The van der Waals surface area contributed by atoms with Crippen LogP contribution in [-0.4, -0.2) is 55.8 Å². The minimum atomic E-state index is 0.0964. The SMILES string of the molecule is COC[C@@H]1CN(CCCl)C(C)(C)CO1. The van der Waals surface area contributed by atoms with Crippen LogP contribution < -0.4 is 0 Å². The molecule has 0 saturated carbocycles. The molecule has 0 amide bonds. The maximum absolute atomic E-state index is 5.77. The molecule has 1 saturated heterocycles. The first-order valence-corrected chi connectivity index (χ1v) is 5.55. The molecule has 0 aromatic rings. The number of nitrogens with zero attached hydrogens (tertiary/aromatic N) is 1. The summed E-state index contributed by atoms with van der Waals surface area (Å²) in [5.41, 5.74) is 0.0964. The minimum absolute atomic E-state index is 0.0964. The topological polar surface area (TPSA) is 21.7 Å². The van der Waals surface area contributed by atoms with E-state index >= 15 is 0 Å². The van der Waals surface area contributed by atoms with Gasteiger partial charge in [0.25, 0.3) is 0 Å². The molecule has 0 aliphatic carbocycles. The van der Waals surface area contributed by atoms with Gasteiger partial charge in [-0.25, -0.2) is 0 Å². The van der Waals surface area contributed by atoms with E-state index in [1.165, 1.54) is 0 Å². The molecule has 0 bridgehead atoms. The van der Waals surface area contributed by atoms with Crippen LogP contribution in [0.25, 0.3) is 0 Å². The molecule has 0 spiro atoms. The predicted octanol–water partition coefficient (Wildman–Crippen LogP) is 1.35. The summed E-state index contributed by atoms with van der Waals surface area (Å²) >= 11 is 5.77. The first kappa shape index (κ1) is 12.2. The lowest BCUT2D eigenvalue weighted by molar-refractivity contribution is -0.115. The molecule has 1 aliphatic heterocycles. The summed E-state index contributed by atoms with van der Waals surface area (Å²) in [6.07, 6.45) is 0.191. The van der Waals surface area contributed by atoms with E-state index in [4.69, 9.17) is 21.1 Å². The van der Waals surface area contributed by atoms with Gasteiger partial charge in [-0.2, -0.15) is 0 Å².